The molecular weight excluding hydrogens is 230 g/mol. The number of ether oxygens (including phenoxy) is 1. The van der Waals surface area contributed by atoms with Gasteiger partial charge in [0.2, 0.25) is 0 Å². The molecule has 1 heterocycles. The summed E-state index contributed by atoms with van der Waals surface area (Å²) in [6.07, 6.45) is 6.75. The van der Waals surface area contributed by atoms with Gasteiger partial charge in [-0.05, 0) is 49.1 Å². The second kappa shape index (κ2) is 4.59. The first-order valence-electron chi connectivity index (χ1n) is 6.55. The van der Waals surface area contributed by atoms with E-state index < -0.39 is 5.97 Å². The predicted octanol–water partition coefficient (Wildman–Crippen LogP) is 2.59. The number of rotatable bonds is 4. The summed E-state index contributed by atoms with van der Waals surface area (Å²) in [4.78, 5) is 14.8. The monoisotopic (exact) mass is 247 g/mol. The van der Waals surface area contributed by atoms with E-state index in [0.717, 1.165) is 11.8 Å². The Morgan fingerprint density at radius 2 is 2.33 bits per heavy atom. The lowest BCUT2D eigenvalue weighted by atomic mass is 9.89. The second-order valence-electron chi connectivity index (χ2n) is 5.40. The maximum absolute atomic E-state index is 11.0. The maximum atomic E-state index is 11.0. The van der Waals surface area contributed by atoms with E-state index in [0.29, 0.717) is 18.3 Å². The lowest BCUT2D eigenvalue weighted by Crippen LogP contribution is -2.19. The van der Waals surface area contributed by atoms with Crippen LogP contribution in [-0.2, 0) is 0 Å². The number of aromatic nitrogens is 1. The highest BCUT2D eigenvalue weighted by Gasteiger charge is 2.39. The van der Waals surface area contributed by atoms with Gasteiger partial charge in [0.15, 0.2) is 11.4 Å². The van der Waals surface area contributed by atoms with Crippen LogP contribution in [0.1, 0.15) is 36.2 Å². The smallest absolute Gasteiger partial charge is 0.358 e. The molecular formula is C14H17NO3. The molecule has 0 spiro atoms. The summed E-state index contributed by atoms with van der Waals surface area (Å²) in [7, 11) is 0. The van der Waals surface area contributed by atoms with E-state index in [9.17, 15) is 4.79 Å². The minimum atomic E-state index is -1.03. The molecule has 2 aliphatic carbocycles. The van der Waals surface area contributed by atoms with E-state index in [4.69, 9.17) is 9.84 Å². The van der Waals surface area contributed by atoms with Gasteiger partial charge in [-0.1, -0.05) is 6.42 Å². The summed E-state index contributed by atoms with van der Waals surface area (Å²) in [5, 5.41) is 9.02. The Balaban J connectivity index is 1.65. The molecule has 1 aromatic heterocycles. The molecule has 2 saturated carbocycles. The van der Waals surface area contributed by atoms with Crippen LogP contribution >= 0.6 is 0 Å². The molecule has 0 saturated heterocycles. The van der Waals surface area contributed by atoms with Gasteiger partial charge in [0, 0.05) is 6.20 Å². The van der Waals surface area contributed by atoms with Gasteiger partial charge in [0.25, 0.3) is 0 Å². The number of pyridine rings is 1. The number of carbonyl (C=O) groups is 1. The summed E-state index contributed by atoms with van der Waals surface area (Å²) >= 11 is 0. The third-order valence-corrected chi connectivity index (χ3v) is 4.31. The van der Waals surface area contributed by atoms with Crippen molar-refractivity contribution in [3.63, 3.8) is 0 Å². The summed E-state index contributed by atoms with van der Waals surface area (Å²) in [6, 6.07) is 3.40. The van der Waals surface area contributed by atoms with Crippen molar-refractivity contribution in [1.29, 1.82) is 0 Å². The molecule has 3 rings (SSSR count). The Hall–Kier alpha value is -1.58. The van der Waals surface area contributed by atoms with Crippen molar-refractivity contribution in [2.75, 3.05) is 6.61 Å². The van der Waals surface area contributed by atoms with Crippen LogP contribution in [-0.4, -0.2) is 22.7 Å². The van der Waals surface area contributed by atoms with Crippen LogP contribution < -0.4 is 4.74 Å². The van der Waals surface area contributed by atoms with Crippen LogP contribution in [0.5, 0.6) is 5.75 Å². The van der Waals surface area contributed by atoms with Crippen LogP contribution in [0.2, 0.25) is 0 Å². The number of carboxylic acids is 1. The zero-order valence-corrected chi connectivity index (χ0v) is 10.2. The molecule has 4 nitrogen and oxygen atoms in total. The molecule has 1 aromatic rings. The largest absolute Gasteiger partial charge is 0.491 e. The molecule has 0 aromatic carbocycles. The number of carboxylic acid groups (broad SMARTS) is 1. The van der Waals surface area contributed by atoms with Crippen molar-refractivity contribution in [2.24, 2.45) is 17.8 Å². The van der Waals surface area contributed by atoms with Crippen molar-refractivity contribution < 1.29 is 14.6 Å². The van der Waals surface area contributed by atoms with Gasteiger partial charge in [0.05, 0.1) is 6.61 Å². The van der Waals surface area contributed by atoms with Crippen LogP contribution in [0.15, 0.2) is 18.3 Å². The number of hydrogen-bond donors (Lipinski definition) is 1. The lowest BCUT2D eigenvalue weighted by Gasteiger charge is -2.21. The maximum Gasteiger partial charge on any atom is 0.358 e. The lowest BCUT2D eigenvalue weighted by molar-refractivity contribution is 0.0683. The Labute approximate surface area is 106 Å². The first kappa shape index (κ1) is 11.5. The quantitative estimate of drug-likeness (QED) is 0.888. The SMILES string of the molecule is O=C(O)c1ncccc1OCC1CC2CCC1C2. The number of nitrogens with zero attached hydrogens (tertiary/aromatic N) is 1. The second-order valence-corrected chi connectivity index (χ2v) is 5.40. The van der Waals surface area contributed by atoms with Gasteiger partial charge >= 0.3 is 5.97 Å². The predicted molar refractivity (Wildman–Crippen MR) is 65.6 cm³/mol. The average Bonchev–Trinajstić information content (AvgIpc) is 2.98. The van der Waals surface area contributed by atoms with Crippen LogP contribution in [0.4, 0.5) is 0 Å². The molecule has 0 aliphatic heterocycles. The molecule has 0 radical (unpaired) electrons. The molecule has 4 heteroatoms. The highest BCUT2D eigenvalue weighted by molar-refractivity contribution is 5.88. The normalized spacial score (nSPS) is 29.4. The molecule has 3 unspecified atom stereocenters. The van der Waals surface area contributed by atoms with Crippen molar-refractivity contribution >= 4 is 5.97 Å². The zero-order chi connectivity index (χ0) is 12.5. The standard InChI is InChI=1S/C14H17NO3/c16-14(17)13-12(2-1-5-15-13)18-8-11-7-9-3-4-10(11)6-9/h1-2,5,9-11H,3-4,6-8H2,(H,16,17). The molecule has 2 aliphatic rings. The van der Waals surface area contributed by atoms with Crippen LogP contribution in [0, 0.1) is 17.8 Å². The molecule has 2 fully saturated rings. The van der Waals surface area contributed by atoms with Crippen molar-refractivity contribution in [2.45, 2.75) is 25.7 Å². The summed E-state index contributed by atoms with van der Waals surface area (Å²) in [6.45, 7) is 0.632. The number of fused-ring (bicyclic) bond motifs is 2. The summed E-state index contributed by atoms with van der Waals surface area (Å²) < 4.78 is 5.69. The number of hydrogen-bond acceptors (Lipinski definition) is 3. The van der Waals surface area contributed by atoms with Gasteiger partial charge in [-0.25, -0.2) is 9.78 Å². The fourth-order valence-electron chi connectivity index (χ4n) is 3.45. The van der Waals surface area contributed by atoms with Crippen molar-refractivity contribution in [3.05, 3.63) is 24.0 Å². The Bertz CT molecular complexity index is 460. The molecule has 18 heavy (non-hydrogen) atoms. The average molecular weight is 247 g/mol. The van der Waals surface area contributed by atoms with Gasteiger partial charge in [-0.2, -0.15) is 0 Å². The molecule has 0 amide bonds. The van der Waals surface area contributed by atoms with Gasteiger partial charge in [0.1, 0.15) is 0 Å². The van der Waals surface area contributed by atoms with Gasteiger partial charge < -0.3 is 9.84 Å². The third-order valence-electron chi connectivity index (χ3n) is 4.31. The van der Waals surface area contributed by atoms with E-state index >= 15 is 0 Å². The minimum absolute atomic E-state index is 0.0145. The highest BCUT2D eigenvalue weighted by atomic mass is 16.5. The molecule has 96 valence electrons. The molecule has 3 atom stereocenters. The van der Waals surface area contributed by atoms with Gasteiger partial charge in [-0.15, -0.1) is 0 Å². The van der Waals surface area contributed by atoms with E-state index in [1.807, 2.05) is 0 Å². The molecule has 2 bridgehead atoms. The highest BCUT2D eigenvalue weighted by Crippen LogP contribution is 2.48. The topological polar surface area (TPSA) is 59.4 Å². The minimum Gasteiger partial charge on any atom is -0.491 e. The first-order chi connectivity index (χ1) is 8.74. The summed E-state index contributed by atoms with van der Waals surface area (Å²) in [5.41, 5.74) is 0.0145. The van der Waals surface area contributed by atoms with E-state index in [1.54, 1.807) is 12.1 Å². The number of aromatic carboxylic acids is 1. The van der Waals surface area contributed by atoms with Crippen LogP contribution in [0.3, 0.4) is 0 Å². The zero-order valence-electron chi connectivity index (χ0n) is 10.2. The fraction of sp³-hybridized carbons (Fsp3) is 0.571. The van der Waals surface area contributed by atoms with Crippen molar-refractivity contribution in [1.82, 2.24) is 4.98 Å². The van der Waals surface area contributed by atoms with Crippen LogP contribution in [0.25, 0.3) is 0 Å². The first-order valence-corrected chi connectivity index (χ1v) is 6.55. The molecule has 1 N–H and O–H groups in total. The van der Waals surface area contributed by atoms with Crippen molar-refractivity contribution in [3.8, 4) is 5.75 Å². The van der Waals surface area contributed by atoms with E-state index in [1.165, 1.54) is 31.9 Å². The Morgan fingerprint density at radius 1 is 1.44 bits per heavy atom. The Kier molecular flexibility index (Phi) is 2.94. The Morgan fingerprint density at radius 3 is 3.00 bits per heavy atom. The third kappa shape index (κ3) is 2.07. The van der Waals surface area contributed by atoms with E-state index in [-0.39, 0.29) is 5.69 Å². The van der Waals surface area contributed by atoms with Gasteiger partial charge in [-0.3, -0.25) is 0 Å². The fourth-order valence-corrected chi connectivity index (χ4v) is 3.45. The van der Waals surface area contributed by atoms with E-state index in [2.05, 4.69) is 4.98 Å². The summed E-state index contributed by atoms with van der Waals surface area (Å²) in [5.74, 6) is 1.65.